The molecule has 0 saturated carbocycles. The van der Waals surface area contributed by atoms with E-state index in [1.807, 2.05) is 20.8 Å². The summed E-state index contributed by atoms with van der Waals surface area (Å²) in [4.78, 5) is 27.5. The minimum absolute atomic E-state index is 0.143. The van der Waals surface area contributed by atoms with Crippen molar-refractivity contribution in [3.8, 4) is 0 Å². The Kier molecular flexibility index (Phi) is 4.73. The van der Waals surface area contributed by atoms with Crippen molar-refractivity contribution in [2.75, 3.05) is 24.5 Å². The Morgan fingerprint density at radius 2 is 2.18 bits per heavy atom. The second-order valence-electron chi connectivity index (χ2n) is 6.49. The van der Waals surface area contributed by atoms with Gasteiger partial charge in [-0.05, 0) is 27.2 Å². The molecule has 1 aliphatic heterocycles. The molecule has 1 amide bonds. The van der Waals surface area contributed by atoms with E-state index in [0.29, 0.717) is 19.6 Å². The van der Waals surface area contributed by atoms with E-state index in [0.717, 1.165) is 12.1 Å². The van der Waals surface area contributed by atoms with Crippen molar-refractivity contribution in [2.45, 2.75) is 45.8 Å². The number of aromatic nitrogens is 2. The van der Waals surface area contributed by atoms with Crippen LogP contribution in [0.2, 0.25) is 0 Å². The molecule has 2 heterocycles. The average molecular weight is 308 g/mol. The number of ether oxygens (including phenoxy) is 1. The molecule has 7 heteroatoms. The summed E-state index contributed by atoms with van der Waals surface area (Å²) >= 11 is 0. The molecule has 122 valence electrons. The first-order valence-corrected chi connectivity index (χ1v) is 7.59. The lowest BCUT2D eigenvalue weighted by Crippen LogP contribution is -2.55. The summed E-state index contributed by atoms with van der Waals surface area (Å²) < 4.78 is 5.43. The Morgan fingerprint density at radius 1 is 1.45 bits per heavy atom. The van der Waals surface area contributed by atoms with Crippen LogP contribution in [0.3, 0.4) is 0 Å². The van der Waals surface area contributed by atoms with Crippen LogP contribution >= 0.6 is 0 Å². The fraction of sp³-hybridized carbons (Fsp3) is 0.667. The highest BCUT2D eigenvalue weighted by atomic mass is 16.6. The standard InChI is InChI=1S/C15H24N4O3/c1-5-11-10-18(14(21)22-15(2,3)4)6-7-19(11)12-8-13(20)17-16-9-12/h8-9,11H,5-7,10H2,1-4H3,(H,17,20)/t11-/m1/s1. The van der Waals surface area contributed by atoms with Gasteiger partial charge < -0.3 is 14.5 Å². The van der Waals surface area contributed by atoms with Gasteiger partial charge in [-0.25, -0.2) is 9.89 Å². The molecule has 1 aliphatic rings. The molecule has 1 aromatic rings. The zero-order valence-corrected chi connectivity index (χ0v) is 13.6. The van der Waals surface area contributed by atoms with Gasteiger partial charge in [0.15, 0.2) is 0 Å². The van der Waals surface area contributed by atoms with Crippen LogP contribution in [0.15, 0.2) is 17.1 Å². The van der Waals surface area contributed by atoms with Crippen LogP contribution in [-0.4, -0.2) is 52.5 Å². The molecule has 1 fully saturated rings. The maximum absolute atomic E-state index is 12.2. The van der Waals surface area contributed by atoms with Gasteiger partial charge in [-0.1, -0.05) is 6.92 Å². The average Bonchev–Trinajstić information content (AvgIpc) is 2.44. The number of hydrogen-bond donors (Lipinski definition) is 1. The van der Waals surface area contributed by atoms with E-state index >= 15 is 0 Å². The molecule has 1 N–H and O–H groups in total. The molecule has 1 saturated heterocycles. The molecule has 1 atom stereocenters. The number of rotatable bonds is 2. The third-order valence-electron chi connectivity index (χ3n) is 3.59. The van der Waals surface area contributed by atoms with Gasteiger partial charge in [-0.15, -0.1) is 0 Å². The summed E-state index contributed by atoms with van der Waals surface area (Å²) in [6.45, 7) is 9.46. The van der Waals surface area contributed by atoms with E-state index in [9.17, 15) is 9.59 Å². The maximum atomic E-state index is 12.2. The molecule has 0 bridgehead atoms. The summed E-state index contributed by atoms with van der Waals surface area (Å²) in [5.74, 6) is 0. The fourth-order valence-corrected chi connectivity index (χ4v) is 2.56. The minimum Gasteiger partial charge on any atom is -0.444 e. The molecule has 1 aromatic heterocycles. The van der Waals surface area contributed by atoms with Crippen LogP contribution in [0.4, 0.5) is 10.5 Å². The Morgan fingerprint density at radius 3 is 2.77 bits per heavy atom. The van der Waals surface area contributed by atoms with Crippen molar-refractivity contribution in [3.63, 3.8) is 0 Å². The van der Waals surface area contributed by atoms with E-state index in [1.54, 1.807) is 17.2 Å². The quantitative estimate of drug-likeness (QED) is 0.898. The molecule has 0 aliphatic carbocycles. The first-order valence-electron chi connectivity index (χ1n) is 7.59. The van der Waals surface area contributed by atoms with E-state index in [-0.39, 0.29) is 17.7 Å². The van der Waals surface area contributed by atoms with Gasteiger partial charge in [0.2, 0.25) is 0 Å². The number of nitrogens with zero attached hydrogens (tertiary/aromatic N) is 3. The SMILES string of the molecule is CC[C@@H]1CN(C(=O)OC(C)(C)C)CCN1c1cn[nH]c(=O)c1. The maximum Gasteiger partial charge on any atom is 0.410 e. The number of nitrogens with one attached hydrogen (secondary N) is 1. The number of anilines is 1. The van der Waals surface area contributed by atoms with Crippen molar-refractivity contribution in [1.82, 2.24) is 15.1 Å². The highest BCUT2D eigenvalue weighted by Gasteiger charge is 2.31. The van der Waals surface area contributed by atoms with Crippen LogP contribution in [0.1, 0.15) is 34.1 Å². The van der Waals surface area contributed by atoms with Crippen molar-refractivity contribution in [1.29, 1.82) is 0 Å². The van der Waals surface area contributed by atoms with Crippen LogP contribution in [0.5, 0.6) is 0 Å². The Balaban J connectivity index is 2.08. The number of aromatic amines is 1. The normalized spacial score (nSPS) is 19.2. The van der Waals surface area contributed by atoms with Gasteiger partial charge in [-0.2, -0.15) is 5.10 Å². The van der Waals surface area contributed by atoms with Crippen LogP contribution in [-0.2, 0) is 4.74 Å². The summed E-state index contributed by atoms with van der Waals surface area (Å²) in [6, 6.07) is 1.68. The fourth-order valence-electron chi connectivity index (χ4n) is 2.56. The summed E-state index contributed by atoms with van der Waals surface area (Å²) in [6.07, 6.45) is 2.23. The summed E-state index contributed by atoms with van der Waals surface area (Å²) in [5.41, 5.74) is 0.0772. The third-order valence-corrected chi connectivity index (χ3v) is 3.59. The summed E-state index contributed by atoms with van der Waals surface area (Å²) in [5, 5.41) is 6.23. The van der Waals surface area contributed by atoms with Crippen LogP contribution < -0.4 is 10.5 Å². The topological polar surface area (TPSA) is 78.5 Å². The number of H-pyrrole nitrogens is 1. The highest BCUT2D eigenvalue weighted by molar-refractivity contribution is 5.68. The number of carbonyl (C=O) groups is 1. The molecule has 22 heavy (non-hydrogen) atoms. The predicted molar refractivity (Wildman–Crippen MR) is 84.1 cm³/mol. The number of carbonyl (C=O) groups excluding carboxylic acids is 1. The molecule has 7 nitrogen and oxygen atoms in total. The zero-order valence-electron chi connectivity index (χ0n) is 13.6. The van der Waals surface area contributed by atoms with Gasteiger partial charge >= 0.3 is 6.09 Å². The van der Waals surface area contributed by atoms with Crippen LogP contribution in [0, 0.1) is 0 Å². The van der Waals surface area contributed by atoms with E-state index in [1.165, 1.54) is 0 Å². The molecule has 0 aromatic carbocycles. The third kappa shape index (κ3) is 3.99. The molecular weight excluding hydrogens is 284 g/mol. The monoisotopic (exact) mass is 308 g/mol. The second-order valence-corrected chi connectivity index (χ2v) is 6.49. The Bertz CT molecular complexity index is 579. The largest absolute Gasteiger partial charge is 0.444 e. The lowest BCUT2D eigenvalue weighted by molar-refractivity contribution is 0.0213. The first kappa shape index (κ1) is 16.3. The minimum atomic E-state index is -0.493. The van der Waals surface area contributed by atoms with Crippen molar-refractivity contribution < 1.29 is 9.53 Å². The zero-order chi connectivity index (χ0) is 16.3. The smallest absolute Gasteiger partial charge is 0.410 e. The second kappa shape index (κ2) is 6.37. The van der Waals surface area contributed by atoms with E-state index in [4.69, 9.17) is 4.74 Å². The van der Waals surface area contributed by atoms with Gasteiger partial charge in [0.25, 0.3) is 5.56 Å². The number of piperazine rings is 1. The van der Waals surface area contributed by atoms with E-state index < -0.39 is 5.60 Å². The molecule has 0 spiro atoms. The van der Waals surface area contributed by atoms with Crippen LogP contribution in [0.25, 0.3) is 0 Å². The number of hydrogen-bond acceptors (Lipinski definition) is 5. The molecule has 0 unspecified atom stereocenters. The Hall–Kier alpha value is -2.05. The predicted octanol–water partition coefficient (Wildman–Crippen LogP) is 1.61. The number of amides is 1. The van der Waals surface area contributed by atoms with Crippen molar-refractivity contribution in [2.24, 2.45) is 0 Å². The van der Waals surface area contributed by atoms with Crippen molar-refractivity contribution >= 4 is 11.8 Å². The lowest BCUT2D eigenvalue weighted by atomic mass is 10.1. The lowest BCUT2D eigenvalue weighted by Gasteiger charge is -2.42. The summed E-state index contributed by atoms with van der Waals surface area (Å²) in [7, 11) is 0. The van der Waals surface area contributed by atoms with E-state index in [2.05, 4.69) is 22.0 Å². The van der Waals surface area contributed by atoms with Gasteiger partial charge in [0, 0.05) is 31.7 Å². The van der Waals surface area contributed by atoms with Crippen molar-refractivity contribution in [3.05, 3.63) is 22.6 Å². The molecule has 2 rings (SSSR count). The Labute approximate surface area is 130 Å². The molecule has 0 radical (unpaired) electrons. The molecular formula is C15H24N4O3. The van der Waals surface area contributed by atoms with Gasteiger partial charge in [0.05, 0.1) is 11.9 Å². The van der Waals surface area contributed by atoms with Gasteiger partial charge in [-0.3, -0.25) is 4.79 Å². The van der Waals surface area contributed by atoms with Gasteiger partial charge in [0.1, 0.15) is 5.60 Å². The highest BCUT2D eigenvalue weighted by Crippen LogP contribution is 2.21. The first-order chi connectivity index (χ1) is 10.3.